The highest BCUT2D eigenvalue weighted by Crippen LogP contribution is 2.35. The molecule has 1 aromatic heterocycles. The third-order valence-corrected chi connectivity index (χ3v) is 3.47. The van der Waals surface area contributed by atoms with Crippen LogP contribution in [0.2, 0.25) is 0 Å². The fourth-order valence-electron chi connectivity index (χ4n) is 2.36. The largest absolute Gasteiger partial charge is 0.462 e. The number of carbonyl (C=O) groups is 2. The van der Waals surface area contributed by atoms with Crippen LogP contribution in [0.25, 0.3) is 10.9 Å². The van der Waals surface area contributed by atoms with Crippen LogP contribution in [0.4, 0.5) is 0 Å². The zero-order chi connectivity index (χ0) is 16.6. The van der Waals surface area contributed by atoms with Gasteiger partial charge in [-0.1, -0.05) is 0 Å². The Kier molecular flexibility index (Phi) is 3.65. The maximum atomic E-state index is 12.6. The van der Waals surface area contributed by atoms with E-state index in [2.05, 4.69) is 0 Å². The molecule has 0 unspecified atom stereocenters. The molecule has 0 radical (unpaired) electrons. The molecular formula is C15H14N2O6. The quantitative estimate of drug-likeness (QED) is 0.607. The summed E-state index contributed by atoms with van der Waals surface area (Å²) in [4.78, 5) is 35.7. The van der Waals surface area contributed by atoms with Crippen LogP contribution in [0.15, 0.2) is 23.1 Å². The van der Waals surface area contributed by atoms with Gasteiger partial charge in [0.25, 0.3) is 0 Å². The molecule has 0 N–H and O–H groups in total. The van der Waals surface area contributed by atoms with Gasteiger partial charge in [0.2, 0.25) is 18.6 Å². The summed E-state index contributed by atoms with van der Waals surface area (Å²) >= 11 is 0. The molecule has 0 fully saturated rings. The first-order valence-corrected chi connectivity index (χ1v) is 6.91. The van der Waals surface area contributed by atoms with E-state index in [9.17, 15) is 14.4 Å². The molecule has 0 spiro atoms. The zero-order valence-electron chi connectivity index (χ0n) is 12.6. The van der Waals surface area contributed by atoms with E-state index in [-0.39, 0.29) is 24.3 Å². The van der Waals surface area contributed by atoms with Gasteiger partial charge in [0.15, 0.2) is 11.5 Å². The van der Waals surface area contributed by atoms with Gasteiger partial charge < -0.3 is 14.2 Å². The van der Waals surface area contributed by atoms with E-state index in [1.165, 1.54) is 29.0 Å². The summed E-state index contributed by atoms with van der Waals surface area (Å²) in [5, 5.41) is 1.43. The maximum absolute atomic E-state index is 12.6. The normalized spacial score (nSPS) is 12.3. The highest BCUT2D eigenvalue weighted by atomic mass is 16.7. The third-order valence-electron chi connectivity index (χ3n) is 3.47. The average molecular weight is 318 g/mol. The minimum Gasteiger partial charge on any atom is -0.462 e. The molecule has 2 heterocycles. The number of pyridine rings is 1. The molecule has 3 rings (SSSR count). The lowest BCUT2D eigenvalue weighted by molar-refractivity contribution is -0.108. The molecule has 0 saturated heterocycles. The van der Waals surface area contributed by atoms with Gasteiger partial charge in [-0.3, -0.25) is 19.3 Å². The van der Waals surface area contributed by atoms with Crippen molar-refractivity contribution in [2.45, 2.75) is 6.92 Å². The lowest BCUT2D eigenvalue weighted by Crippen LogP contribution is -2.32. The molecule has 120 valence electrons. The summed E-state index contributed by atoms with van der Waals surface area (Å²) in [6.45, 7) is 1.84. The number of rotatable bonds is 4. The van der Waals surface area contributed by atoms with Crippen LogP contribution >= 0.6 is 0 Å². The topological polar surface area (TPSA) is 87.1 Å². The molecule has 1 aliphatic rings. The monoisotopic (exact) mass is 318 g/mol. The number of fused-ring (bicyclic) bond motifs is 2. The molecule has 1 aromatic carbocycles. The van der Waals surface area contributed by atoms with E-state index < -0.39 is 11.4 Å². The summed E-state index contributed by atoms with van der Waals surface area (Å²) < 4.78 is 16.9. The standard InChI is InChI=1S/C15H14N2O6/c1-3-21-15(20)10-6-17(16(2)7-18)11-5-13-12(22-8-23-13)4-9(11)14(10)19/h4-7H,3,8H2,1-2H3. The second-order valence-corrected chi connectivity index (χ2v) is 4.84. The number of benzene rings is 1. The molecule has 8 heteroatoms. The van der Waals surface area contributed by atoms with Crippen molar-refractivity contribution in [3.63, 3.8) is 0 Å². The van der Waals surface area contributed by atoms with Crippen LogP contribution in [-0.2, 0) is 9.53 Å². The summed E-state index contributed by atoms with van der Waals surface area (Å²) in [5.74, 6) is 0.134. The van der Waals surface area contributed by atoms with Crippen LogP contribution in [0.1, 0.15) is 17.3 Å². The lowest BCUT2D eigenvalue weighted by Gasteiger charge is -2.19. The van der Waals surface area contributed by atoms with Crippen LogP contribution in [0.3, 0.4) is 0 Å². The maximum Gasteiger partial charge on any atom is 0.343 e. The van der Waals surface area contributed by atoms with Gasteiger partial charge in [-0.25, -0.2) is 4.79 Å². The molecule has 2 aromatic rings. The van der Waals surface area contributed by atoms with Gasteiger partial charge in [0, 0.05) is 19.3 Å². The number of esters is 1. The van der Waals surface area contributed by atoms with Crippen LogP contribution < -0.4 is 19.9 Å². The Morgan fingerprint density at radius 2 is 2.09 bits per heavy atom. The van der Waals surface area contributed by atoms with E-state index in [1.54, 1.807) is 13.0 Å². The van der Waals surface area contributed by atoms with Crippen molar-refractivity contribution in [2.24, 2.45) is 0 Å². The smallest absolute Gasteiger partial charge is 0.343 e. The van der Waals surface area contributed by atoms with Crippen molar-refractivity contribution in [1.82, 2.24) is 4.68 Å². The van der Waals surface area contributed by atoms with Crippen molar-refractivity contribution in [3.05, 3.63) is 34.1 Å². The summed E-state index contributed by atoms with van der Waals surface area (Å²) in [6, 6.07) is 3.09. The predicted octanol–water partition coefficient (Wildman–Crippen LogP) is 0.631. The number of hydrogen-bond donors (Lipinski definition) is 0. The van der Waals surface area contributed by atoms with E-state index in [4.69, 9.17) is 14.2 Å². The van der Waals surface area contributed by atoms with Gasteiger partial charge in [0.05, 0.1) is 17.5 Å². The van der Waals surface area contributed by atoms with Crippen molar-refractivity contribution in [1.29, 1.82) is 0 Å². The minimum atomic E-state index is -0.745. The highest BCUT2D eigenvalue weighted by Gasteiger charge is 2.22. The Bertz CT molecular complexity index is 857. The number of hydrogen-bond acceptors (Lipinski definition) is 6. The molecule has 0 bridgehead atoms. The summed E-state index contributed by atoms with van der Waals surface area (Å²) in [7, 11) is 1.50. The van der Waals surface area contributed by atoms with Crippen LogP contribution in [0, 0.1) is 0 Å². The van der Waals surface area contributed by atoms with Crippen LogP contribution in [0.5, 0.6) is 11.5 Å². The van der Waals surface area contributed by atoms with Crippen molar-refractivity contribution in [3.8, 4) is 11.5 Å². The molecule has 0 atom stereocenters. The van der Waals surface area contributed by atoms with Crippen molar-refractivity contribution < 1.29 is 23.8 Å². The molecule has 0 aliphatic carbocycles. The highest BCUT2D eigenvalue weighted by molar-refractivity contribution is 5.95. The van der Waals surface area contributed by atoms with Crippen molar-refractivity contribution >= 4 is 23.3 Å². The van der Waals surface area contributed by atoms with E-state index >= 15 is 0 Å². The van der Waals surface area contributed by atoms with Gasteiger partial charge >= 0.3 is 5.97 Å². The van der Waals surface area contributed by atoms with Gasteiger partial charge in [-0.15, -0.1) is 0 Å². The van der Waals surface area contributed by atoms with Crippen molar-refractivity contribution in [2.75, 3.05) is 25.5 Å². The molecule has 1 amide bonds. The number of carbonyl (C=O) groups excluding carboxylic acids is 2. The second kappa shape index (κ2) is 5.64. The number of nitrogens with zero attached hydrogens (tertiary/aromatic N) is 2. The third kappa shape index (κ3) is 2.37. The SMILES string of the molecule is CCOC(=O)c1cn(N(C)C=O)c2cc3c(cc2c1=O)OCO3. The molecule has 8 nitrogen and oxygen atoms in total. The van der Waals surface area contributed by atoms with E-state index in [0.29, 0.717) is 23.4 Å². The van der Waals surface area contributed by atoms with E-state index in [1.807, 2.05) is 0 Å². The average Bonchev–Trinajstić information content (AvgIpc) is 3.00. The summed E-state index contributed by atoms with van der Waals surface area (Å²) in [6.07, 6.45) is 1.84. The molecule has 1 aliphatic heterocycles. The zero-order valence-corrected chi connectivity index (χ0v) is 12.6. The fourth-order valence-corrected chi connectivity index (χ4v) is 2.36. The molecular weight excluding hydrogens is 304 g/mol. The van der Waals surface area contributed by atoms with Gasteiger partial charge in [-0.05, 0) is 13.0 Å². The number of aromatic nitrogens is 1. The Balaban J connectivity index is 2.33. The van der Waals surface area contributed by atoms with E-state index in [0.717, 1.165) is 0 Å². The second-order valence-electron chi connectivity index (χ2n) is 4.84. The number of amides is 1. The number of ether oxygens (including phenoxy) is 3. The predicted molar refractivity (Wildman–Crippen MR) is 80.5 cm³/mol. The first-order chi connectivity index (χ1) is 11.1. The van der Waals surface area contributed by atoms with Gasteiger partial charge in [-0.2, -0.15) is 0 Å². The van der Waals surface area contributed by atoms with Crippen LogP contribution in [-0.4, -0.2) is 37.5 Å². The Morgan fingerprint density at radius 1 is 1.39 bits per heavy atom. The lowest BCUT2D eigenvalue weighted by atomic mass is 10.1. The Hall–Kier alpha value is -3.03. The summed E-state index contributed by atoms with van der Waals surface area (Å²) in [5.41, 5.74) is -0.235. The first kappa shape index (κ1) is 14.9. The van der Waals surface area contributed by atoms with Gasteiger partial charge in [0.1, 0.15) is 5.56 Å². The Labute approximate surface area is 130 Å². The molecule has 23 heavy (non-hydrogen) atoms. The fraction of sp³-hybridized carbons (Fsp3) is 0.267. The Morgan fingerprint density at radius 3 is 2.74 bits per heavy atom. The minimum absolute atomic E-state index is 0.0497. The first-order valence-electron chi connectivity index (χ1n) is 6.91. The molecule has 0 saturated carbocycles.